The van der Waals surface area contributed by atoms with Crippen molar-refractivity contribution in [2.75, 3.05) is 13.2 Å². The molecule has 0 spiro atoms. The SMILES string of the molecule is CCOC(=O)C1=C(/C=C/C=C(C)C)[C@H](C(=O)OCC)[C@@H](C=C(C)C)CC1=O. The maximum absolute atomic E-state index is 12.7. The van der Waals surface area contributed by atoms with Crippen molar-refractivity contribution in [2.45, 2.75) is 48.0 Å². The van der Waals surface area contributed by atoms with E-state index in [1.54, 1.807) is 26.0 Å². The van der Waals surface area contributed by atoms with Gasteiger partial charge in [0.2, 0.25) is 0 Å². The van der Waals surface area contributed by atoms with E-state index in [2.05, 4.69) is 0 Å². The lowest BCUT2D eigenvalue weighted by molar-refractivity contribution is -0.148. The van der Waals surface area contributed by atoms with Gasteiger partial charge >= 0.3 is 11.9 Å². The minimum absolute atomic E-state index is 0.0493. The average molecular weight is 374 g/mol. The van der Waals surface area contributed by atoms with E-state index in [0.29, 0.717) is 5.57 Å². The Morgan fingerprint density at radius 3 is 2.19 bits per heavy atom. The van der Waals surface area contributed by atoms with E-state index in [0.717, 1.165) is 11.1 Å². The molecule has 0 radical (unpaired) electrons. The van der Waals surface area contributed by atoms with Crippen molar-refractivity contribution in [1.29, 1.82) is 0 Å². The maximum atomic E-state index is 12.7. The van der Waals surface area contributed by atoms with Crippen LogP contribution in [-0.4, -0.2) is 30.9 Å². The molecule has 0 heterocycles. The highest BCUT2D eigenvalue weighted by molar-refractivity contribution is 6.19. The highest BCUT2D eigenvalue weighted by atomic mass is 16.5. The summed E-state index contributed by atoms with van der Waals surface area (Å²) in [6.45, 7) is 11.5. The van der Waals surface area contributed by atoms with Crippen LogP contribution in [-0.2, 0) is 23.9 Å². The Hall–Kier alpha value is -2.43. The first-order chi connectivity index (χ1) is 12.7. The normalized spacial score (nSPS) is 19.7. The van der Waals surface area contributed by atoms with Crippen LogP contribution in [0, 0.1) is 11.8 Å². The van der Waals surface area contributed by atoms with Crippen LogP contribution in [0.4, 0.5) is 0 Å². The van der Waals surface area contributed by atoms with E-state index < -0.39 is 17.9 Å². The number of Topliss-reactive ketones (excluding diaryl/α,β-unsaturated/α-hetero) is 1. The van der Waals surface area contributed by atoms with Crippen molar-refractivity contribution in [3.05, 3.63) is 46.6 Å². The fourth-order valence-corrected chi connectivity index (χ4v) is 3.06. The average Bonchev–Trinajstić information content (AvgIpc) is 2.54. The predicted octanol–water partition coefficient (Wildman–Crippen LogP) is 4.10. The zero-order chi connectivity index (χ0) is 20.6. The van der Waals surface area contributed by atoms with Crippen LogP contribution in [0.2, 0.25) is 0 Å². The summed E-state index contributed by atoms with van der Waals surface area (Å²) in [5.41, 5.74) is 2.37. The molecular formula is C22H30O5. The lowest BCUT2D eigenvalue weighted by Gasteiger charge is -2.30. The van der Waals surface area contributed by atoms with Crippen molar-refractivity contribution in [1.82, 2.24) is 0 Å². The maximum Gasteiger partial charge on any atom is 0.342 e. The predicted molar refractivity (Wildman–Crippen MR) is 105 cm³/mol. The summed E-state index contributed by atoms with van der Waals surface area (Å²) in [6, 6.07) is 0. The third-order valence-electron chi connectivity index (χ3n) is 4.02. The highest BCUT2D eigenvalue weighted by Gasteiger charge is 2.42. The van der Waals surface area contributed by atoms with Crippen molar-refractivity contribution in [3.63, 3.8) is 0 Å². The lowest BCUT2D eigenvalue weighted by atomic mass is 9.73. The molecule has 1 aliphatic rings. The van der Waals surface area contributed by atoms with E-state index in [1.807, 2.05) is 39.8 Å². The quantitative estimate of drug-likeness (QED) is 0.290. The standard InChI is InChI=1S/C22H30O5/c1-7-26-21(24)19-16(12-15(5)6)13-18(23)20(22(25)27-8-2)17(19)11-9-10-14(3)4/h9-12,16,19H,7-8,13H2,1-6H3/b11-9+/t16-,19+/m0/s1. The molecule has 0 bridgehead atoms. The second-order valence-corrected chi connectivity index (χ2v) is 6.92. The zero-order valence-corrected chi connectivity index (χ0v) is 17.1. The van der Waals surface area contributed by atoms with Gasteiger partial charge in [-0.1, -0.05) is 35.5 Å². The monoisotopic (exact) mass is 374 g/mol. The number of hydrogen-bond donors (Lipinski definition) is 0. The second-order valence-electron chi connectivity index (χ2n) is 6.92. The van der Waals surface area contributed by atoms with E-state index in [4.69, 9.17) is 9.47 Å². The molecule has 0 aromatic rings. The molecule has 2 atom stereocenters. The van der Waals surface area contributed by atoms with Gasteiger partial charge in [0.25, 0.3) is 0 Å². The molecule has 0 amide bonds. The molecule has 0 unspecified atom stereocenters. The third kappa shape index (κ3) is 6.35. The Balaban J connectivity index is 3.63. The summed E-state index contributed by atoms with van der Waals surface area (Å²) in [5.74, 6) is -2.52. The van der Waals surface area contributed by atoms with E-state index >= 15 is 0 Å². The first kappa shape index (κ1) is 22.6. The van der Waals surface area contributed by atoms with Crippen LogP contribution >= 0.6 is 0 Å². The van der Waals surface area contributed by atoms with Crippen LogP contribution in [0.25, 0.3) is 0 Å². The van der Waals surface area contributed by atoms with Gasteiger partial charge in [0, 0.05) is 12.3 Å². The molecule has 1 rings (SSSR count). The summed E-state index contributed by atoms with van der Waals surface area (Å²) in [4.78, 5) is 37.9. The number of ketones is 1. The fourth-order valence-electron chi connectivity index (χ4n) is 3.06. The number of ether oxygens (including phenoxy) is 2. The van der Waals surface area contributed by atoms with E-state index in [9.17, 15) is 14.4 Å². The van der Waals surface area contributed by atoms with Crippen molar-refractivity contribution in [3.8, 4) is 0 Å². The molecule has 0 aromatic carbocycles. The number of esters is 2. The third-order valence-corrected chi connectivity index (χ3v) is 4.02. The lowest BCUT2D eigenvalue weighted by Crippen LogP contribution is -2.36. The number of carbonyl (C=O) groups excluding carboxylic acids is 3. The van der Waals surface area contributed by atoms with Crippen LogP contribution in [0.1, 0.15) is 48.0 Å². The topological polar surface area (TPSA) is 69.7 Å². The first-order valence-electron chi connectivity index (χ1n) is 9.30. The van der Waals surface area contributed by atoms with Gasteiger partial charge in [-0.2, -0.15) is 0 Å². The highest BCUT2D eigenvalue weighted by Crippen LogP contribution is 2.37. The van der Waals surface area contributed by atoms with Crippen molar-refractivity contribution in [2.24, 2.45) is 11.8 Å². The second kappa shape index (κ2) is 10.7. The summed E-state index contributed by atoms with van der Waals surface area (Å²) >= 11 is 0. The molecule has 0 saturated carbocycles. The summed E-state index contributed by atoms with van der Waals surface area (Å²) < 4.78 is 10.3. The Morgan fingerprint density at radius 1 is 1.04 bits per heavy atom. The summed E-state index contributed by atoms with van der Waals surface area (Å²) in [7, 11) is 0. The minimum Gasteiger partial charge on any atom is -0.466 e. The zero-order valence-electron chi connectivity index (χ0n) is 17.1. The Labute approximate surface area is 161 Å². The largest absolute Gasteiger partial charge is 0.466 e. The van der Waals surface area contributed by atoms with Gasteiger partial charge in [-0.25, -0.2) is 4.79 Å². The Kier molecular flexibility index (Phi) is 8.92. The van der Waals surface area contributed by atoms with Crippen LogP contribution < -0.4 is 0 Å². The van der Waals surface area contributed by atoms with Crippen molar-refractivity contribution >= 4 is 17.7 Å². The Bertz CT molecular complexity index is 698. The number of allylic oxidation sites excluding steroid dienone is 6. The molecule has 0 fully saturated rings. The molecule has 1 aliphatic carbocycles. The Morgan fingerprint density at radius 2 is 1.67 bits per heavy atom. The molecule has 0 aliphatic heterocycles. The number of rotatable bonds is 7. The molecule has 27 heavy (non-hydrogen) atoms. The van der Waals surface area contributed by atoms with Crippen LogP contribution in [0.15, 0.2) is 46.6 Å². The van der Waals surface area contributed by atoms with Gasteiger partial charge in [0.15, 0.2) is 5.78 Å². The fraction of sp³-hybridized carbons (Fsp3) is 0.500. The van der Waals surface area contributed by atoms with Gasteiger partial charge in [-0.05, 0) is 47.1 Å². The van der Waals surface area contributed by atoms with Crippen molar-refractivity contribution < 1.29 is 23.9 Å². The number of carbonyl (C=O) groups is 3. The van der Waals surface area contributed by atoms with Crippen LogP contribution in [0.5, 0.6) is 0 Å². The molecule has 5 nitrogen and oxygen atoms in total. The molecule has 0 N–H and O–H groups in total. The van der Waals surface area contributed by atoms with Gasteiger partial charge in [-0.3, -0.25) is 9.59 Å². The number of hydrogen-bond acceptors (Lipinski definition) is 5. The smallest absolute Gasteiger partial charge is 0.342 e. The molecular weight excluding hydrogens is 344 g/mol. The summed E-state index contributed by atoms with van der Waals surface area (Å²) in [6.07, 6.45) is 7.23. The van der Waals surface area contributed by atoms with E-state index in [-0.39, 0.29) is 36.9 Å². The first-order valence-corrected chi connectivity index (χ1v) is 9.30. The van der Waals surface area contributed by atoms with Crippen LogP contribution in [0.3, 0.4) is 0 Å². The van der Waals surface area contributed by atoms with Gasteiger partial charge < -0.3 is 9.47 Å². The van der Waals surface area contributed by atoms with Gasteiger partial charge in [-0.15, -0.1) is 0 Å². The minimum atomic E-state index is -0.723. The summed E-state index contributed by atoms with van der Waals surface area (Å²) in [5, 5.41) is 0. The molecule has 148 valence electrons. The molecule has 5 heteroatoms. The van der Waals surface area contributed by atoms with Gasteiger partial charge in [0.1, 0.15) is 5.57 Å². The van der Waals surface area contributed by atoms with E-state index in [1.165, 1.54) is 0 Å². The molecule has 0 aromatic heterocycles. The molecule has 0 saturated heterocycles. The van der Waals surface area contributed by atoms with Gasteiger partial charge in [0.05, 0.1) is 19.1 Å².